The Morgan fingerprint density at radius 1 is 0.905 bits per heavy atom. The number of halogens is 3. The van der Waals surface area contributed by atoms with Crippen molar-refractivity contribution in [3.05, 3.63) is 99.8 Å². The minimum absolute atomic E-state index is 0.0654. The van der Waals surface area contributed by atoms with Crippen LogP contribution in [0.1, 0.15) is 31.9 Å². The Balaban J connectivity index is 2.13. The molecule has 3 aromatic rings. The number of amides is 2. The Kier molecular flexibility index (Phi) is 11.0. The molecule has 3 rings (SSSR count). The fraction of sp³-hybridized carbons (Fsp3) is 0.333. The molecule has 0 bridgehead atoms. The van der Waals surface area contributed by atoms with Crippen LogP contribution in [0.3, 0.4) is 0 Å². The summed E-state index contributed by atoms with van der Waals surface area (Å²) in [7, 11) is -1.53. The van der Waals surface area contributed by atoms with Crippen LogP contribution in [0.5, 0.6) is 0 Å². The standard InChI is InChI=1S/C30H35Cl2FN4O4S/c1-30(2,3)34-29(39)27(18-21-9-7-6-8-10-21)36(19-22-11-16-25(31)26(32)17-22)28(38)20-37(42(40,41)35(4)5)24-14-12-23(33)13-15-24/h6-17,27H,18-20H2,1-5H3,(H,34,39)/t27-/m0/s1. The molecule has 0 aromatic heterocycles. The molecule has 42 heavy (non-hydrogen) atoms. The lowest BCUT2D eigenvalue weighted by atomic mass is 10.0. The van der Waals surface area contributed by atoms with Crippen LogP contribution in [-0.4, -0.2) is 61.7 Å². The van der Waals surface area contributed by atoms with Crippen molar-refractivity contribution in [1.29, 1.82) is 0 Å². The first-order chi connectivity index (χ1) is 19.6. The van der Waals surface area contributed by atoms with Crippen LogP contribution < -0.4 is 9.62 Å². The molecule has 2 amide bonds. The molecule has 0 spiro atoms. The summed E-state index contributed by atoms with van der Waals surface area (Å²) in [6.45, 7) is 4.77. The van der Waals surface area contributed by atoms with Gasteiger partial charge in [-0.3, -0.25) is 9.59 Å². The fourth-order valence-electron chi connectivity index (χ4n) is 4.17. The van der Waals surface area contributed by atoms with E-state index in [-0.39, 0.29) is 23.7 Å². The summed E-state index contributed by atoms with van der Waals surface area (Å²) in [5, 5.41) is 3.55. The first kappa shape index (κ1) is 33.3. The van der Waals surface area contributed by atoms with E-state index >= 15 is 0 Å². The van der Waals surface area contributed by atoms with Gasteiger partial charge in [-0.2, -0.15) is 12.7 Å². The van der Waals surface area contributed by atoms with Gasteiger partial charge in [0.1, 0.15) is 18.4 Å². The molecule has 0 fully saturated rings. The van der Waals surface area contributed by atoms with Crippen LogP contribution >= 0.6 is 23.2 Å². The normalized spacial score (nSPS) is 12.6. The molecule has 0 aliphatic carbocycles. The third-order valence-corrected chi connectivity index (χ3v) is 8.80. The van der Waals surface area contributed by atoms with Gasteiger partial charge < -0.3 is 10.2 Å². The molecule has 1 atom stereocenters. The molecule has 8 nitrogen and oxygen atoms in total. The Morgan fingerprint density at radius 2 is 1.52 bits per heavy atom. The maximum atomic E-state index is 14.2. The maximum Gasteiger partial charge on any atom is 0.304 e. The van der Waals surface area contributed by atoms with Crippen molar-refractivity contribution in [3.8, 4) is 0 Å². The van der Waals surface area contributed by atoms with Crippen molar-refractivity contribution < 1.29 is 22.4 Å². The zero-order valence-electron chi connectivity index (χ0n) is 24.1. The number of benzene rings is 3. The van der Waals surface area contributed by atoms with Gasteiger partial charge in [-0.15, -0.1) is 0 Å². The van der Waals surface area contributed by atoms with Gasteiger partial charge in [0, 0.05) is 32.6 Å². The highest BCUT2D eigenvalue weighted by Crippen LogP contribution is 2.26. The summed E-state index contributed by atoms with van der Waals surface area (Å²) in [5.41, 5.74) is 0.864. The van der Waals surface area contributed by atoms with Gasteiger partial charge in [0.2, 0.25) is 11.8 Å². The van der Waals surface area contributed by atoms with E-state index in [9.17, 15) is 22.4 Å². The zero-order valence-corrected chi connectivity index (χ0v) is 26.5. The Labute approximate surface area is 257 Å². The number of nitrogens with one attached hydrogen (secondary N) is 1. The second-order valence-electron chi connectivity index (χ2n) is 11.0. The van der Waals surface area contributed by atoms with Crippen LogP contribution in [0.4, 0.5) is 10.1 Å². The molecular formula is C30H35Cl2FN4O4S. The second-order valence-corrected chi connectivity index (χ2v) is 13.9. The average molecular weight is 638 g/mol. The van der Waals surface area contributed by atoms with Crippen molar-refractivity contribution in [1.82, 2.24) is 14.5 Å². The van der Waals surface area contributed by atoms with Crippen LogP contribution in [0.2, 0.25) is 10.0 Å². The predicted molar refractivity (Wildman–Crippen MR) is 165 cm³/mol. The van der Waals surface area contributed by atoms with E-state index < -0.39 is 46.0 Å². The minimum atomic E-state index is -4.19. The van der Waals surface area contributed by atoms with Gasteiger partial charge in [-0.05, 0) is 68.3 Å². The van der Waals surface area contributed by atoms with Gasteiger partial charge in [-0.1, -0.05) is 59.6 Å². The monoisotopic (exact) mass is 636 g/mol. The second kappa shape index (κ2) is 13.9. The molecule has 0 aliphatic heterocycles. The molecule has 226 valence electrons. The van der Waals surface area contributed by atoms with E-state index in [1.54, 1.807) is 18.2 Å². The van der Waals surface area contributed by atoms with Crippen molar-refractivity contribution >= 4 is 50.9 Å². The van der Waals surface area contributed by atoms with Gasteiger partial charge >= 0.3 is 10.2 Å². The van der Waals surface area contributed by atoms with E-state index in [2.05, 4.69) is 5.32 Å². The number of carbonyl (C=O) groups is 2. The summed E-state index contributed by atoms with van der Waals surface area (Å²) >= 11 is 12.4. The molecule has 0 saturated heterocycles. The van der Waals surface area contributed by atoms with Gasteiger partial charge in [0.25, 0.3) is 0 Å². The minimum Gasteiger partial charge on any atom is -0.350 e. The molecule has 3 aromatic carbocycles. The smallest absolute Gasteiger partial charge is 0.304 e. The highest BCUT2D eigenvalue weighted by molar-refractivity contribution is 7.90. The highest BCUT2D eigenvalue weighted by Gasteiger charge is 2.35. The molecule has 0 saturated carbocycles. The molecule has 12 heteroatoms. The number of carbonyl (C=O) groups excluding carboxylic acids is 2. The van der Waals surface area contributed by atoms with Gasteiger partial charge in [0.15, 0.2) is 0 Å². The largest absolute Gasteiger partial charge is 0.350 e. The van der Waals surface area contributed by atoms with Crippen molar-refractivity contribution in [2.24, 2.45) is 0 Å². The van der Waals surface area contributed by atoms with E-state index in [0.29, 0.717) is 10.6 Å². The lowest BCUT2D eigenvalue weighted by Crippen LogP contribution is -2.56. The van der Waals surface area contributed by atoms with Crippen molar-refractivity contribution in [2.45, 2.75) is 45.3 Å². The van der Waals surface area contributed by atoms with Crippen LogP contribution in [-0.2, 0) is 32.8 Å². The molecule has 0 unspecified atom stereocenters. The number of rotatable bonds is 11. The third kappa shape index (κ3) is 8.91. The summed E-state index contributed by atoms with van der Waals surface area (Å²) in [5.74, 6) is -1.63. The first-order valence-electron chi connectivity index (χ1n) is 13.1. The first-order valence-corrected chi connectivity index (χ1v) is 15.3. The Bertz CT molecular complexity index is 1500. The van der Waals surface area contributed by atoms with Crippen LogP contribution in [0.15, 0.2) is 72.8 Å². The SMILES string of the molecule is CN(C)S(=O)(=O)N(CC(=O)N(Cc1ccc(Cl)c(Cl)c1)[C@@H](Cc1ccccc1)C(=O)NC(C)(C)C)c1ccc(F)cc1. The maximum absolute atomic E-state index is 14.2. The number of anilines is 1. The summed E-state index contributed by atoms with van der Waals surface area (Å²) in [6, 6.07) is 17.8. The van der Waals surface area contributed by atoms with E-state index in [1.807, 2.05) is 51.1 Å². The lowest BCUT2D eigenvalue weighted by Gasteiger charge is -2.35. The van der Waals surface area contributed by atoms with Gasteiger partial charge in [0.05, 0.1) is 15.7 Å². The molecule has 0 aliphatic rings. The van der Waals surface area contributed by atoms with Crippen molar-refractivity contribution in [2.75, 3.05) is 24.9 Å². The van der Waals surface area contributed by atoms with Gasteiger partial charge in [-0.25, -0.2) is 8.70 Å². The van der Waals surface area contributed by atoms with E-state index in [1.165, 1.54) is 31.1 Å². The highest BCUT2D eigenvalue weighted by atomic mass is 35.5. The number of hydrogen-bond acceptors (Lipinski definition) is 4. The fourth-order valence-corrected chi connectivity index (χ4v) is 5.54. The van der Waals surface area contributed by atoms with E-state index in [4.69, 9.17) is 23.2 Å². The molecule has 0 radical (unpaired) electrons. The average Bonchev–Trinajstić information content (AvgIpc) is 2.91. The molecule has 1 N–H and O–H groups in total. The Morgan fingerprint density at radius 3 is 2.07 bits per heavy atom. The molecular weight excluding hydrogens is 602 g/mol. The number of hydrogen-bond donors (Lipinski definition) is 1. The summed E-state index contributed by atoms with van der Waals surface area (Å²) < 4.78 is 42.3. The van der Waals surface area contributed by atoms with Crippen molar-refractivity contribution in [3.63, 3.8) is 0 Å². The van der Waals surface area contributed by atoms with E-state index in [0.717, 1.165) is 26.3 Å². The zero-order chi connectivity index (χ0) is 31.2. The quantitative estimate of drug-likeness (QED) is 0.309. The van der Waals surface area contributed by atoms with Crippen LogP contribution in [0.25, 0.3) is 0 Å². The summed E-state index contributed by atoms with van der Waals surface area (Å²) in [6.07, 6.45) is 0.160. The molecule has 0 heterocycles. The van der Waals surface area contributed by atoms with Crippen LogP contribution in [0, 0.1) is 5.82 Å². The lowest BCUT2D eigenvalue weighted by molar-refractivity contribution is -0.140. The third-order valence-electron chi connectivity index (χ3n) is 6.24. The predicted octanol–water partition coefficient (Wildman–Crippen LogP) is 5.30. The summed E-state index contributed by atoms with van der Waals surface area (Å²) in [4.78, 5) is 29.3. The Hall–Kier alpha value is -3.18. The number of nitrogens with zero attached hydrogens (tertiary/aromatic N) is 3. The topological polar surface area (TPSA) is 90.0 Å².